The Bertz CT molecular complexity index is 207. The fourth-order valence-corrected chi connectivity index (χ4v) is 2.01. The maximum Gasteiger partial charge on any atom is 0.305 e. The maximum atomic E-state index is 10.6. The van der Waals surface area contributed by atoms with Crippen LogP contribution in [-0.2, 0) is 14.3 Å². The van der Waals surface area contributed by atoms with Crippen molar-refractivity contribution in [2.75, 3.05) is 12.5 Å². The summed E-state index contributed by atoms with van der Waals surface area (Å²) < 4.78 is 8.62. The third-order valence-electron chi connectivity index (χ3n) is 1.77. The number of carbonyl (C=O) groups excluding carboxylic acids is 1. The van der Waals surface area contributed by atoms with Crippen LogP contribution in [0, 0.1) is 5.92 Å². The number of hydrogen-bond donors (Lipinski definition) is 0. The summed E-state index contributed by atoms with van der Waals surface area (Å²) >= 11 is 17.5. The van der Waals surface area contributed by atoms with Gasteiger partial charge in [-0.15, -0.1) is 11.6 Å². The molecule has 1 saturated heterocycles. The van der Waals surface area contributed by atoms with E-state index in [0.717, 1.165) is 0 Å². The summed E-state index contributed by atoms with van der Waals surface area (Å²) in [4.78, 5) is 10.6. The molecule has 0 aromatic heterocycles. The van der Waals surface area contributed by atoms with E-state index in [1.807, 2.05) is 0 Å². The lowest BCUT2D eigenvalue weighted by Crippen LogP contribution is -2.36. The number of ether oxygens (including phenoxy) is 2. The Labute approximate surface area is 91.2 Å². The lowest BCUT2D eigenvalue weighted by Gasteiger charge is -2.23. The van der Waals surface area contributed by atoms with Crippen LogP contribution < -0.4 is 0 Å². The Balaban J connectivity index is 2.64. The Hall–Kier alpha value is 0.300. The van der Waals surface area contributed by atoms with Gasteiger partial charge in [0, 0.05) is 18.7 Å². The minimum Gasteiger partial charge on any atom is -0.433 e. The third-order valence-corrected chi connectivity index (χ3v) is 3.11. The summed E-state index contributed by atoms with van der Waals surface area (Å²) in [5.74, 6) is -0.433. The molecule has 1 aliphatic rings. The second-order valence-corrected chi connectivity index (χ2v) is 4.55. The predicted octanol–water partition coefficient (Wildman–Crippen LogP) is 1.93. The first-order chi connectivity index (χ1) is 5.98. The van der Waals surface area contributed by atoms with E-state index >= 15 is 0 Å². The van der Waals surface area contributed by atoms with Crippen LogP contribution in [0.4, 0.5) is 0 Å². The molecule has 0 spiro atoms. The van der Waals surface area contributed by atoms with Crippen LogP contribution in [0.5, 0.6) is 0 Å². The van der Waals surface area contributed by atoms with E-state index in [4.69, 9.17) is 44.3 Å². The molecule has 6 heteroatoms. The Morgan fingerprint density at radius 3 is 2.69 bits per heavy atom. The van der Waals surface area contributed by atoms with Crippen molar-refractivity contribution in [1.29, 1.82) is 0 Å². The van der Waals surface area contributed by atoms with E-state index in [-0.39, 0.29) is 11.8 Å². The van der Waals surface area contributed by atoms with E-state index in [0.29, 0.717) is 6.61 Å². The van der Waals surface area contributed by atoms with E-state index in [9.17, 15) is 4.79 Å². The van der Waals surface area contributed by atoms with Crippen LogP contribution in [0.3, 0.4) is 0 Å². The summed E-state index contributed by atoms with van der Waals surface area (Å²) in [5, 5.41) is 0. The van der Waals surface area contributed by atoms with Gasteiger partial charge in [-0.2, -0.15) is 0 Å². The van der Waals surface area contributed by atoms with Crippen LogP contribution in [0.1, 0.15) is 6.92 Å². The molecule has 1 fully saturated rings. The number of carbonyl (C=O) groups is 1. The molecule has 0 bridgehead atoms. The van der Waals surface area contributed by atoms with E-state index < -0.39 is 16.6 Å². The van der Waals surface area contributed by atoms with E-state index in [1.54, 1.807) is 0 Å². The normalized spacial score (nSPS) is 31.7. The van der Waals surface area contributed by atoms with Crippen LogP contribution >= 0.6 is 34.8 Å². The summed E-state index contributed by atoms with van der Waals surface area (Å²) in [6.45, 7) is 1.57. The molecule has 0 N–H and O–H groups in total. The standard InChI is InChI=1S/C7H9Cl3O3/c1-4(11)13-6-7(9,10)5(2-8)3-12-6/h5-6H,2-3H2,1H3. The first kappa shape index (κ1) is 11.4. The molecule has 0 radical (unpaired) electrons. The fourth-order valence-electron chi connectivity index (χ4n) is 1.03. The second-order valence-electron chi connectivity index (χ2n) is 2.80. The summed E-state index contributed by atoms with van der Waals surface area (Å²) in [7, 11) is 0. The monoisotopic (exact) mass is 246 g/mol. The molecule has 1 heterocycles. The van der Waals surface area contributed by atoms with Gasteiger partial charge >= 0.3 is 5.97 Å². The van der Waals surface area contributed by atoms with Crippen molar-refractivity contribution in [3.8, 4) is 0 Å². The predicted molar refractivity (Wildman–Crippen MR) is 50.2 cm³/mol. The molecule has 76 valence electrons. The summed E-state index contributed by atoms with van der Waals surface area (Å²) in [6.07, 6.45) is -0.919. The first-order valence-corrected chi connectivity index (χ1v) is 5.00. The lowest BCUT2D eigenvalue weighted by molar-refractivity contribution is -0.167. The number of rotatable bonds is 2. The Kier molecular flexibility index (Phi) is 3.69. The average molecular weight is 248 g/mol. The molecular formula is C7H9Cl3O3. The minimum atomic E-state index is -1.24. The van der Waals surface area contributed by atoms with Crippen LogP contribution in [0.15, 0.2) is 0 Å². The highest BCUT2D eigenvalue weighted by Crippen LogP contribution is 2.42. The van der Waals surface area contributed by atoms with Gasteiger partial charge in [-0.25, -0.2) is 0 Å². The average Bonchev–Trinajstić information content (AvgIpc) is 2.26. The van der Waals surface area contributed by atoms with Gasteiger partial charge in [0.1, 0.15) is 0 Å². The molecule has 13 heavy (non-hydrogen) atoms. The van der Waals surface area contributed by atoms with Crippen LogP contribution in [0.2, 0.25) is 0 Å². The SMILES string of the molecule is CC(=O)OC1OCC(CCl)C1(Cl)Cl. The minimum absolute atomic E-state index is 0.221. The van der Waals surface area contributed by atoms with Gasteiger partial charge in [-0.05, 0) is 0 Å². The van der Waals surface area contributed by atoms with Crippen molar-refractivity contribution in [2.45, 2.75) is 17.5 Å². The quantitative estimate of drug-likeness (QED) is 0.552. The number of esters is 1. The second kappa shape index (κ2) is 4.22. The van der Waals surface area contributed by atoms with Crippen LogP contribution in [-0.4, -0.2) is 29.1 Å². The molecule has 0 aliphatic carbocycles. The van der Waals surface area contributed by atoms with Gasteiger partial charge in [0.25, 0.3) is 0 Å². The molecular weight excluding hydrogens is 238 g/mol. The highest BCUT2D eigenvalue weighted by atomic mass is 35.5. The Morgan fingerprint density at radius 1 is 1.69 bits per heavy atom. The van der Waals surface area contributed by atoms with Crippen molar-refractivity contribution in [3.63, 3.8) is 0 Å². The number of hydrogen-bond acceptors (Lipinski definition) is 3. The smallest absolute Gasteiger partial charge is 0.305 e. The Morgan fingerprint density at radius 2 is 2.31 bits per heavy atom. The van der Waals surface area contributed by atoms with Gasteiger partial charge in [-0.3, -0.25) is 4.79 Å². The molecule has 1 aliphatic heterocycles. The topological polar surface area (TPSA) is 35.5 Å². The zero-order chi connectivity index (χ0) is 10.1. The number of alkyl halides is 3. The van der Waals surface area contributed by atoms with Crippen molar-refractivity contribution >= 4 is 40.8 Å². The molecule has 0 amide bonds. The molecule has 0 aromatic rings. The van der Waals surface area contributed by atoms with Gasteiger partial charge in [-0.1, -0.05) is 23.2 Å². The molecule has 3 nitrogen and oxygen atoms in total. The third kappa shape index (κ3) is 2.40. The molecule has 2 unspecified atom stereocenters. The number of halogens is 3. The van der Waals surface area contributed by atoms with Gasteiger partial charge in [0.15, 0.2) is 4.33 Å². The highest BCUT2D eigenvalue weighted by molar-refractivity contribution is 6.49. The van der Waals surface area contributed by atoms with Gasteiger partial charge in [0.05, 0.1) is 6.61 Å². The van der Waals surface area contributed by atoms with Crippen LogP contribution in [0.25, 0.3) is 0 Å². The maximum absolute atomic E-state index is 10.6. The largest absolute Gasteiger partial charge is 0.433 e. The van der Waals surface area contributed by atoms with Crippen molar-refractivity contribution in [2.24, 2.45) is 5.92 Å². The van der Waals surface area contributed by atoms with E-state index in [1.165, 1.54) is 6.92 Å². The van der Waals surface area contributed by atoms with E-state index in [2.05, 4.69) is 0 Å². The molecule has 0 saturated carbocycles. The summed E-state index contributed by atoms with van der Waals surface area (Å²) in [6, 6.07) is 0. The first-order valence-electron chi connectivity index (χ1n) is 3.71. The van der Waals surface area contributed by atoms with Crippen molar-refractivity contribution in [3.05, 3.63) is 0 Å². The van der Waals surface area contributed by atoms with Gasteiger partial charge in [0.2, 0.25) is 6.29 Å². The van der Waals surface area contributed by atoms with Gasteiger partial charge < -0.3 is 9.47 Å². The molecule has 0 aromatic carbocycles. The molecule has 2 atom stereocenters. The van der Waals surface area contributed by atoms with Crippen molar-refractivity contribution < 1.29 is 14.3 Å². The highest BCUT2D eigenvalue weighted by Gasteiger charge is 2.51. The zero-order valence-corrected chi connectivity index (χ0v) is 9.20. The lowest BCUT2D eigenvalue weighted by atomic mass is 10.1. The van der Waals surface area contributed by atoms with Crippen molar-refractivity contribution in [1.82, 2.24) is 0 Å². The molecule has 1 rings (SSSR count). The zero-order valence-electron chi connectivity index (χ0n) is 6.93. The fraction of sp³-hybridized carbons (Fsp3) is 0.857. The summed E-state index contributed by atoms with van der Waals surface area (Å²) in [5.41, 5.74) is 0.